The first-order chi connectivity index (χ1) is 15.2. The molecule has 7 nitrogen and oxygen atoms in total. The zero-order chi connectivity index (χ0) is 21.9. The predicted molar refractivity (Wildman–Crippen MR) is 123 cm³/mol. The van der Waals surface area contributed by atoms with E-state index in [1.165, 1.54) is 0 Å². The number of nitrogens with one attached hydrogen (secondary N) is 1. The summed E-state index contributed by atoms with van der Waals surface area (Å²) in [7, 11) is 0. The van der Waals surface area contributed by atoms with E-state index in [0.717, 1.165) is 5.56 Å². The Morgan fingerprint density at radius 2 is 1.75 bits per heavy atom. The minimum absolute atomic E-state index is 0. The molecular weight excluding hydrogens is 430 g/mol. The fraction of sp³-hybridized carbons (Fsp3) is 0.250. The Labute approximate surface area is 193 Å². The Balaban J connectivity index is 0.00000363. The van der Waals surface area contributed by atoms with Crippen LogP contribution in [0.25, 0.3) is 0 Å². The molecule has 2 atom stereocenters. The molecule has 3 rings (SSSR count). The fourth-order valence-electron chi connectivity index (χ4n) is 2.92. The first kappa shape index (κ1) is 25.1. The van der Waals surface area contributed by atoms with Gasteiger partial charge >= 0.3 is 0 Å². The summed E-state index contributed by atoms with van der Waals surface area (Å²) in [6.07, 6.45) is 1.45. The molecular formula is C24H26ClN3O4. The van der Waals surface area contributed by atoms with E-state index in [2.05, 4.69) is 10.3 Å². The van der Waals surface area contributed by atoms with E-state index < -0.39 is 6.10 Å². The van der Waals surface area contributed by atoms with Crippen molar-refractivity contribution >= 4 is 12.4 Å². The van der Waals surface area contributed by atoms with Crippen molar-refractivity contribution < 1.29 is 19.7 Å². The highest BCUT2D eigenvalue weighted by molar-refractivity contribution is 5.85. The lowest BCUT2D eigenvalue weighted by Crippen LogP contribution is -2.41. The van der Waals surface area contributed by atoms with Gasteiger partial charge in [0.1, 0.15) is 35.8 Å². The van der Waals surface area contributed by atoms with Crippen LogP contribution in [-0.4, -0.2) is 47.1 Å². The van der Waals surface area contributed by atoms with Crippen LogP contribution in [0.5, 0.6) is 17.4 Å². The lowest BCUT2D eigenvalue weighted by atomic mass is 10.1. The fourth-order valence-corrected chi connectivity index (χ4v) is 2.92. The van der Waals surface area contributed by atoms with Crippen LogP contribution < -0.4 is 14.8 Å². The lowest BCUT2D eigenvalue weighted by Gasteiger charge is -2.19. The average Bonchev–Trinajstić information content (AvgIpc) is 2.82. The monoisotopic (exact) mass is 455 g/mol. The summed E-state index contributed by atoms with van der Waals surface area (Å²) in [5.74, 6) is 1.54. The van der Waals surface area contributed by atoms with Gasteiger partial charge in [-0.25, -0.2) is 4.98 Å². The minimum Gasteiger partial charge on any atom is -0.491 e. The highest BCUT2D eigenvalue weighted by Gasteiger charge is 2.12. The largest absolute Gasteiger partial charge is 0.491 e. The number of aliphatic hydroxyl groups is 2. The van der Waals surface area contributed by atoms with Gasteiger partial charge in [-0.15, -0.1) is 12.4 Å². The van der Waals surface area contributed by atoms with Crippen molar-refractivity contribution in [1.82, 2.24) is 10.3 Å². The van der Waals surface area contributed by atoms with E-state index in [0.29, 0.717) is 30.0 Å². The third-order valence-corrected chi connectivity index (χ3v) is 4.56. The molecule has 0 unspecified atom stereocenters. The van der Waals surface area contributed by atoms with Gasteiger partial charge in [0.25, 0.3) is 0 Å². The first-order valence-electron chi connectivity index (χ1n) is 10.00. The minimum atomic E-state index is -0.697. The van der Waals surface area contributed by atoms with Crippen LogP contribution in [0.1, 0.15) is 11.1 Å². The average molecular weight is 456 g/mol. The van der Waals surface area contributed by atoms with E-state index in [-0.39, 0.29) is 37.5 Å². The third-order valence-electron chi connectivity index (χ3n) is 4.56. The number of hydrogen-bond donors (Lipinski definition) is 3. The summed E-state index contributed by atoms with van der Waals surface area (Å²) < 4.78 is 11.2. The van der Waals surface area contributed by atoms with Crippen LogP contribution in [0.3, 0.4) is 0 Å². The Bertz CT molecular complexity index is 981. The Morgan fingerprint density at radius 1 is 1.00 bits per heavy atom. The van der Waals surface area contributed by atoms with Crippen LogP contribution in [0.2, 0.25) is 0 Å². The van der Waals surface area contributed by atoms with Gasteiger partial charge in [0.05, 0.1) is 6.61 Å². The molecule has 0 fully saturated rings. The smallest absolute Gasteiger partial charge is 0.237 e. The van der Waals surface area contributed by atoms with Crippen LogP contribution >= 0.6 is 12.4 Å². The summed E-state index contributed by atoms with van der Waals surface area (Å²) in [5.41, 5.74) is 1.36. The van der Waals surface area contributed by atoms with Crippen molar-refractivity contribution in [3.63, 3.8) is 0 Å². The molecule has 32 heavy (non-hydrogen) atoms. The number of nitrogens with zero attached hydrogens (tertiary/aromatic N) is 2. The number of pyridine rings is 1. The van der Waals surface area contributed by atoms with Crippen molar-refractivity contribution in [3.05, 3.63) is 84.1 Å². The molecule has 2 aromatic carbocycles. The Kier molecular flexibility index (Phi) is 10.4. The second-order valence-corrected chi connectivity index (χ2v) is 6.98. The summed E-state index contributed by atoms with van der Waals surface area (Å²) in [6.45, 7) is 0.402. The molecule has 0 spiro atoms. The van der Waals surface area contributed by atoms with E-state index in [1.807, 2.05) is 48.5 Å². The van der Waals surface area contributed by atoms with Crippen LogP contribution in [0.4, 0.5) is 0 Å². The van der Waals surface area contributed by atoms with Crippen LogP contribution in [0.15, 0.2) is 72.9 Å². The van der Waals surface area contributed by atoms with Crippen molar-refractivity contribution in [3.8, 4) is 23.4 Å². The maximum atomic E-state index is 10.1. The Hall–Kier alpha value is -3.15. The number of aromatic nitrogens is 1. The third kappa shape index (κ3) is 7.84. The van der Waals surface area contributed by atoms with Crippen LogP contribution in [0, 0.1) is 11.3 Å². The quantitative estimate of drug-likeness (QED) is 0.407. The van der Waals surface area contributed by atoms with Gasteiger partial charge < -0.3 is 25.0 Å². The van der Waals surface area contributed by atoms with Crippen molar-refractivity contribution in [1.29, 1.82) is 5.26 Å². The molecule has 3 N–H and O–H groups in total. The summed E-state index contributed by atoms with van der Waals surface area (Å²) in [4.78, 5) is 4.08. The summed E-state index contributed by atoms with van der Waals surface area (Å²) in [6, 6.07) is 21.8. The zero-order valence-corrected chi connectivity index (χ0v) is 18.2. The number of rotatable bonds is 11. The van der Waals surface area contributed by atoms with E-state index in [4.69, 9.17) is 14.7 Å². The van der Waals surface area contributed by atoms with E-state index in [1.54, 1.807) is 30.5 Å². The van der Waals surface area contributed by atoms with Crippen molar-refractivity contribution in [2.75, 3.05) is 19.8 Å². The molecule has 0 saturated heterocycles. The van der Waals surface area contributed by atoms with Gasteiger partial charge in [-0.2, -0.15) is 5.26 Å². The van der Waals surface area contributed by atoms with Crippen molar-refractivity contribution in [2.24, 2.45) is 0 Å². The number of para-hydroxylation sites is 1. The van der Waals surface area contributed by atoms with Gasteiger partial charge in [-0.3, -0.25) is 0 Å². The van der Waals surface area contributed by atoms with Gasteiger partial charge in [0, 0.05) is 18.8 Å². The number of halogens is 1. The molecule has 8 heteroatoms. The number of hydrogen-bond acceptors (Lipinski definition) is 7. The first-order valence-corrected chi connectivity index (χ1v) is 10.00. The molecule has 0 aliphatic carbocycles. The Morgan fingerprint density at radius 3 is 2.44 bits per heavy atom. The second-order valence-electron chi connectivity index (χ2n) is 6.98. The van der Waals surface area contributed by atoms with Gasteiger partial charge in [0.2, 0.25) is 5.88 Å². The SMILES string of the molecule is Cl.N#Cc1cccnc1Oc1ccc(C[C@H](CO)NC[C@H](O)COc2ccccc2)cc1. The van der Waals surface area contributed by atoms with Crippen molar-refractivity contribution in [2.45, 2.75) is 18.6 Å². The van der Waals surface area contributed by atoms with Crippen LogP contribution in [-0.2, 0) is 6.42 Å². The summed E-state index contributed by atoms with van der Waals surface area (Å²) in [5, 5.41) is 32.1. The van der Waals surface area contributed by atoms with Gasteiger partial charge in [-0.1, -0.05) is 30.3 Å². The molecule has 1 heterocycles. The highest BCUT2D eigenvalue weighted by atomic mass is 35.5. The predicted octanol–water partition coefficient (Wildman–Crippen LogP) is 3.10. The summed E-state index contributed by atoms with van der Waals surface area (Å²) >= 11 is 0. The second kappa shape index (κ2) is 13.3. The van der Waals surface area contributed by atoms with E-state index in [9.17, 15) is 10.2 Å². The van der Waals surface area contributed by atoms with Gasteiger partial charge in [0.15, 0.2) is 0 Å². The normalized spacial score (nSPS) is 12.2. The standard InChI is InChI=1S/C24H25N3O4.ClH/c25-14-19-5-4-12-26-24(19)31-23-10-8-18(9-11-23)13-20(16-28)27-15-21(29)17-30-22-6-2-1-3-7-22;/h1-12,20-21,27-29H,13,15-17H2;1H/t20-,21+;/m1./s1. The topological polar surface area (TPSA) is 108 Å². The number of benzene rings is 2. The maximum Gasteiger partial charge on any atom is 0.237 e. The maximum absolute atomic E-state index is 10.1. The molecule has 0 amide bonds. The zero-order valence-electron chi connectivity index (χ0n) is 17.4. The molecule has 0 aliphatic rings. The number of nitriles is 1. The molecule has 0 bridgehead atoms. The number of ether oxygens (including phenoxy) is 2. The molecule has 0 aliphatic heterocycles. The number of aliphatic hydroxyl groups excluding tert-OH is 2. The van der Waals surface area contributed by atoms with E-state index >= 15 is 0 Å². The molecule has 0 radical (unpaired) electrons. The van der Waals surface area contributed by atoms with Gasteiger partial charge in [-0.05, 0) is 48.4 Å². The molecule has 168 valence electrons. The highest BCUT2D eigenvalue weighted by Crippen LogP contribution is 2.23. The molecule has 1 aromatic heterocycles. The molecule has 3 aromatic rings. The lowest BCUT2D eigenvalue weighted by molar-refractivity contribution is 0.0997. The molecule has 0 saturated carbocycles.